The Kier molecular flexibility index (Phi) is 10.5. The van der Waals surface area contributed by atoms with Crippen LogP contribution in [0.25, 0.3) is 5.65 Å². The highest BCUT2D eigenvalue weighted by Crippen LogP contribution is 2.13. The summed E-state index contributed by atoms with van der Waals surface area (Å²) in [4.78, 5) is 54.7. The van der Waals surface area contributed by atoms with Crippen molar-refractivity contribution in [3.63, 3.8) is 0 Å². The van der Waals surface area contributed by atoms with Crippen molar-refractivity contribution in [3.05, 3.63) is 100 Å². The van der Waals surface area contributed by atoms with Crippen molar-refractivity contribution in [1.29, 1.82) is 0 Å². The van der Waals surface area contributed by atoms with Crippen molar-refractivity contribution in [2.75, 3.05) is 7.11 Å². The van der Waals surface area contributed by atoms with E-state index >= 15 is 0 Å². The van der Waals surface area contributed by atoms with Crippen LogP contribution in [0.3, 0.4) is 0 Å². The zero-order chi connectivity index (χ0) is 28.7. The Hall–Kier alpha value is -5.17. The van der Waals surface area contributed by atoms with Crippen LogP contribution >= 0.6 is 0 Å². The molecule has 0 radical (unpaired) electrons. The van der Waals surface area contributed by atoms with Gasteiger partial charge in [0, 0.05) is 19.2 Å². The summed E-state index contributed by atoms with van der Waals surface area (Å²) in [5.74, 6) is -3.55. The molecule has 4 rings (SSSR count). The van der Waals surface area contributed by atoms with Crippen molar-refractivity contribution in [2.45, 2.75) is 27.4 Å². The largest absolute Gasteiger partial charge is 0.477 e. The first-order chi connectivity index (χ1) is 18.5. The zero-order valence-electron chi connectivity index (χ0n) is 21.0. The summed E-state index contributed by atoms with van der Waals surface area (Å²) in [6, 6.07) is 12.3. The Morgan fingerprint density at radius 2 is 1.73 bits per heavy atom. The number of aromatic nitrogens is 3. The van der Waals surface area contributed by atoms with Crippen LogP contribution in [0.15, 0.2) is 54.9 Å². The van der Waals surface area contributed by atoms with Crippen LogP contribution in [0, 0.1) is 12.7 Å². The maximum atomic E-state index is 12.6. The minimum absolute atomic E-state index is 0. The number of imidazole rings is 1. The fourth-order valence-electron chi connectivity index (χ4n) is 3.41. The molecule has 0 spiro atoms. The first kappa shape index (κ1) is 31.1. The number of rotatable bonds is 7. The summed E-state index contributed by atoms with van der Waals surface area (Å²) < 4.78 is 18.3. The minimum atomic E-state index is -1.33. The molecule has 0 atom stereocenters. The quantitative estimate of drug-likeness (QED) is 0.249. The van der Waals surface area contributed by atoms with Crippen LogP contribution in [0.4, 0.5) is 4.39 Å². The van der Waals surface area contributed by atoms with Gasteiger partial charge in [-0.1, -0.05) is 31.7 Å². The predicted molar refractivity (Wildman–Crippen MR) is 143 cm³/mol. The van der Waals surface area contributed by atoms with Gasteiger partial charge in [0.25, 0.3) is 11.8 Å². The number of benzene rings is 2. The number of carbonyl (C=O) groups is 4. The Bertz CT molecular complexity index is 1550. The van der Waals surface area contributed by atoms with E-state index in [9.17, 15) is 28.7 Å². The molecule has 0 fully saturated rings. The number of halogens is 1. The van der Waals surface area contributed by atoms with Gasteiger partial charge in [-0.3, -0.25) is 14.0 Å². The molecule has 4 aromatic rings. The molecule has 0 saturated heterocycles. The maximum Gasteiger partial charge on any atom is 0.353 e. The van der Waals surface area contributed by atoms with Gasteiger partial charge in [0.15, 0.2) is 11.3 Å². The second kappa shape index (κ2) is 13.6. The summed E-state index contributed by atoms with van der Waals surface area (Å²) >= 11 is 0. The SMILES string of the molecule is C.COC(=O)c1ccc(CNC(=O)c2cc(C(=O)O)n3cnc(C(N)=O)c3n2)cc1.Cc1cc(CN)ccc1F. The molecule has 0 bridgehead atoms. The van der Waals surface area contributed by atoms with E-state index in [4.69, 9.17) is 11.5 Å². The molecule has 0 aliphatic carbocycles. The Balaban J connectivity index is 0.000000431. The minimum Gasteiger partial charge on any atom is -0.477 e. The number of carboxylic acids is 1. The van der Waals surface area contributed by atoms with Gasteiger partial charge in [-0.25, -0.2) is 23.9 Å². The number of esters is 1. The van der Waals surface area contributed by atoms with E-state index in [0.29, 0.717) is 23.2 Å². The number of methoxy groups -OCH3 is 1. The van der Waals surface area contributed by atoms with Crippen molar-refractivity contribution < 1.29 is 33.4 Å². The van der Waals surface area contributed by atoms with Crippen molar-refractivity contribution in [3.8, 4) is 0 Å². The number of nitrogens with zero attached hydrogens (tertiary/aromatic N) is 3. The maximum absolute atomic E-state index is 12.6. The third-order valence-electron chi connectivity index (χ3n) is 5.47. The van der Waals surface area contributed by atoms with E-state index in [-0.39, 0.29) is 42.5 Å². The first-order valence-electron chi connectivity index (χ1n) is 11.4. The van der Waals surface area contributed by atoms with Crippen LogP contribution < -0.4 is 16.8 Å². The first-order valence-corrected chi connectivity index (χ1v) is 11.4. The summed E-state index contributed by atoms with van der Waals surface area (Å²) in [5, 5.41) is 12.0. The molecule has 13 heteroatoms. The molecule has 0 unspecified atom stereocenters. The second-order valence-corrected chi connectivity index (χ2v) is 8.14. The van der Waals surface area contributed by atoms with Crippen LogP contribution in [-0.2, 0) is 17.8 Å². The lowest BCUT2D eigenvalue weighted by molar-refractivity contribution is 0.0599. The van der Waals surface area contributed by atoms with Gasteiger partial charge >= 0.3 is 11.9 Å². The van der Waals surface area contributed by atoms with E-state index < -0.39 is 23.8 Å². The number of carboxylic acid groups (broad SMARTS) is 1. The van der Waals surface area contributed by atoms with Crippen molar-refractivity contribution >= 4 is 29.4 Å². The Labute approximate surface area is 228 Å². The average Bonchev–Trinajstić information content (AvgIpc) is 3.37. The Morgan fingerprint density at radius 1 is 1.07 bits per heavy atom. The van der Waals surface area contributed by atoms with Gasteiger partial charge in [0.05, 0.1) is 12.7 Å². The average molecular weight is 553 g/mol. The number of nitrogens with one attached hydrogen (secondary N) is 1. The molecule has 0 aliphatic rings. The lowest BCUT2D eigenvalue weighted by Gasteiger charge is -2.08. The number of nitrogens with two attached hydrogens (primary N) is 2. The van der Waals surface area contributed by atoms with Crippen molar-refractivity contribution in [2.24, 2.45) is 11.5 Å². The molecule has 2 aromatic carbocycles. The van der Waals surface area contributed by atoms with Crippen LogP contribution in [0.1, 0.15) is 65.9 Å². The lowest BCUT2D eigenvalue weighted by atomic mass is 10.1. The molecule has 210 valence electrons. The van der Waals surface area contributed by atoms with E-state index in [1.54, 1.807) is 43.3 Å². The molecule has 0 saturated carbocycles. The summed E-state index contributed by atoms with van der Waals surface area (Å²) in [7, 11) is 1.27. The molecule has 0 aliphatic heterocycles. The van der Waals surface area contributed by atoms with Gasteiger partial charge < -0.3 is 26.6 Å². The van der Waals surface area contributed by atoms with Gasteiger partial charge in [0.2, 0.25) is 0 Å². The highest BCUT2D eigenvalue weighted by molar-refractivity contribution is 6.00. The lowest BCUT2D eigenvalue weighted by Crippen LogP contribution is -2.25. The third-order valence-corrected chi connectivity index (χ3v) is 5.47. The molecule has 2 heterocycles. The normalized spacial score (nSPS) is 10.1. The van der Waals surface area contributed by atoms with E-state index in [1.165, 1.54) is 13.2 Å². The number of amides is 2. The van der Waals surface area contributed by atoms with Gasteiger partial charge in [-0.15, -0.1) is 0 Å². The fourth-order valence-corrected chi connectivity index (χ4v) is 3.41. The monoisotopic (exact) mass is 552 g/mol. The Morgan fingerprint density at radius 3 is 2.27 bits per heavy atom. The number of hydrogen-bond donors (Lipinski definition) is 4. The number of aromatic carboxylic acids is 1. The zero-order valence-corrected chi connectivity index (χ0v) is 21.0. The van der Waals surface area contributed by atoms with Crippen LogP contribution in [0.5, 0.6) is 0 Å². The smallest absolute Gasteiger partial charge is 0.353 e. The highest BCUT2D eigenvalue weighted by atomic mass is 19.1. The second-order valence-electron chi connectivity index (χ2n) is 8.14. The predicted octanol–water partition coefficient (Wildman–Crippen LogP) is 2.47. The van der Waals surface area contributed by atoms with Crippen LogP contribution in [0.2, 0.25) is 0 Å². The standard InChI is InChI=1S/C18H15N5O6.C8H10FN.CH4/c1-29-18(28)10-4-2-9(3-5-10)7-20-16(25)11-6-12(17(26)27)23-8-21-13(14(19)24)15(23)22-11;1-6-4-7(5-10)2-3-8(6)9;/h2-6,8H,7H2,1H3,(H2,19,24)(H,20,25)(H,26,27);2-4H,5,10H2,1H3;1H4. The van der Waals surface area contributed by atoms with Gasteiger partial charge in [-0.05, 0) is 41.8 Å². The molecule has 12 nitrogen and oxygen atoms in total. The number of ether oxygens (including phenoxy) is 1. The summed E-state index contributed by atoms with van der Waals surface area (Å²) in [6.45, 7) is 2.30. The van der Waals surface area contributed by atoms with E-state index in [1.807, 2.05) is 0 Å². The van der Waals surface area contributed by atoms with Gasteiger partial charge in [-0.2, -0.15) is 0 Å². The topological polar surface area (TPSA) is 192 Å². The molecule has 2 amide bonds. The summed E-state index contributed by atoms with van der Waals surface area (Å²) in [5.41, 5.74) is 12.3. The van der Waals surface area contributed by atoms with Crippen molar-refractivity contribution in [1.82, 2.24) is 19.7 Å². The molecule has 40 heavy (non-hydrogen) atoms. The van der Waals surface area contributed by atoms with E-state index in [0.717, 1.165) is 22.4 Å². The fraction of sp³-hybridized carbons (Fsp3) is 0.185. The molecular weight excluding hydrogens is 523 g/mol. The number of fused-ring (bicyclic) bond motifs is 1. The number of carbonyl (C=O) groups excluding carboxylic acids is 3. The third kappa shape index (κ3) is 7.23. The molecule has 2 aromatic heterocycles. The number of hydrogen-bond acceptors (Lipinski definition) is 8. The summed E-state index contributed by atoms with van der Waals surface area (Å²) in [6.07, 6.45) is 1.09. The number of primary amides is 1. The molecule has 6 N–H and O–H groups in total. The van der Waals surface area contributed by atoms with E-state index in [2.05, 4.69) is 20.0 Å². The molecular formula is C27H29FN6O6. The van der Waals surface area contributed by atoms with Crippen LogP contribution in [-0.4, -0.2) is 50.3 Å². The van der Waals surface area contributed by atoms with Gasteiger partial charge in [0.1, 0.15) is 23.5 Å². The number of aryl methyl sites for hydroxylation is 1. The highest BCUT2D eigenvalue weighted by Gasteiger charge is 2.21.